The molecule has 0 heterocycles. The third-order valence-corrected chi connectivity index (χ3v) is 4.07. The third-order valence-electron chi connectivity index (χ3n) is 4.07. The Labute approximate surface area is 139 Å². The lowest BCUT2D eigenvalue weighted by molar-refractivity contribution is -0.120. The molecule has 0 saturated carbocycles. The van der Waals surface area contributed by atoms with Gasteiger partial charge >= 0.3 is 0 Å². The third kappa shape index (κ3) is 5.53. The van der Waals surface area contributed by atoms with E-state index in [4.69, 9.17) is 0 Å². The van der Waals surface area contributed by atoms with Crippen LogP contribution in [0.25, 0.3) is 11.1 Å². The van der Waals surface area contributed by atoms with Crippen molar-refractivity contribution in [2.75, 3.05) is 26.2 Å². The van der Waals surface area contributed by atoms with Crippen LogP contribution in [-0.2, 0) is 11.2 Å². The summed E-state index contributed by atoms with van der Waals surface area (Å²) in [7, 11) is 0. The second-order valence-corrected chi connectivity index (χ2v) is 5.62. The lowest BCUT2D eigenvalue weighted by Crippen LogP contribution is -2.35. The van der Waals surface area contributed by atoms with E-state index in [0.717, 1.165) is 25.2 Å². The Hall–Kier alpha value is -2.13. The molecule has 0 aliphatic carbocycles. The number of nitrogens with zero attached hydrogens (tertiary/aromatic N) is 1. The van der Waals surface area contributed by atoms with Gasteiger partial charge in [0.15, 0.2) is 0 Å². The molecule has 0 atom stereocenters. The number of rotatable bonds is 8. The molecular weight excluding hydrogens is 284 g/mol. The molecular formula is C20H26N2O. The van der Waals surface area contributed by atoms with E-state index in [1.807, 2.05) is 30.3 Å². The van der Waals surface area contributed by atoms with Gasteiger partial charge in [-0.15, -0.1) is 0 Å². The van der Waals surface area contributed by atoms with Crippen LogP contribution in [0, 0.1) is 0 Å². The van der Waals surface area contributed by atoms with E-state index in [9.17, 15) is 4.79 Å². The molecule has 2 aromatic rings. The lowest BCUT2D eigenvalue weighted by atomic mass is 10.0. The topological polar surface area (TPSA) is 32.3 Å². The van der Waals surface area contributed by atoms with Gasteiger partial charge in [0.25, 0.3) is 0 Å². The SMILES string of the molecule is CCN(CC)CCNC(=O)Cc1ccc(-c2ccccc2)cc1. The number of benzene rings is 2. The van der Waals surface area contributed by atoms with Crippen LogP contribution < -0.4 is 5.32 Å². The van der Waals surface area contributed by atoms with Gasteiger partial charge in [-0.3, -0.25) is 4.79 Å². The van der Waals surface area contributed by atoms with Crippen molar-refractivity contribution in [3.05, 3.63) is 60.2 Å². The summed E-state index contributed by atoms with van der Waals surface area (Å²) in [5, 5.41) is 3.00. The molecule has 0 saturated heterocycles. The molecule has 0 aromatic heterocycles. The highest BCUT2D eigenvalue weighted by Crippen LogP contribution is 2.19. The van der Waals surface area contributed by atoms with Crippen LogP contribution in [0.2, 0.25) is 0 Å². The molecule has 3 heteroatoms. The Morgan fingerprint density at radius 2 is 1.52 bits per heavy atom. The van der Waals surface area contributed by atoms with Gasteiger partial charge in [0.2, 0.25) is 5.91 Å². The van der Waals surface area contributed by atoms with Gasteiger partial charge in [-0.1, -0.05) is 68.4 Å². The van der Waals surface area contributed by atoms with Gasteiger partial charge in [-0.05, 0) is 29.8 Å². The molecule has 23 heavy (non-hydrogen) atoms. The Morgan fingerprint density at radius 1 is 0.913 bits per heavy atom. The Balaban J connectivity index is 1.82. The maximum Gasteiger partial charge on any atom is 0.224 e. The molecule has 1 N–H and O–H groups in total. The number of carbonyl (C=O) groups excluding carboxylic acids is 1. The molecule has 0 radical (unpaired) electrons. The summed E-state index contributed by atoms with van der Waals surface area (Å²) in [6, 6.07) is 18.5. The quantitative estimate of drug-likeness (QED) is 0.811. The minimum absolute atomic E-state index is 0.0876. The van der Waals surface area contributed by atoms with E-state index >= 15 is 0 Å². The molecule has 3 nitrogen and oxygen atoms in total. The highest BCUT2D eigenvalue weighted by molar-refractivity contribution is 5.78. The van der Waals surface area contributed by atoms with Crippen LogP contribution in [-0.4, -0.2) is 37.0 Å². The molecule has 0 fully saturated rings. The minimum atomic E-state index is 0.0876. The number of hydrogen-bond acceptors (Lipinski definition) is 2. The zero-order valence-electron chi connectivity index (χ0n) is 14.1. The van der Waals surface area contributed by atoms with Crippen LogP contribution in [0.3, 0.4) is 0 Å². The second-order valence-electron chi connectivity index (χ2n) is 5.62. The summed E-state index contributed by atoms with van der Waals surface area (Å²) in [5.41, 5.74) is 3.42. The van der Waals surface area contributed by atoms with Gasteiger partial charge in [-0.2, -0.15) is 0 Å². The van der Waals surface area contributed by atoms with Crippen LogP contribution in [0.4, 0.5) is 0 Å². The lowest BCUT2D eigenvalue weighted by Gasteiger charge is -2.17. The van der Waals surface area contributed by atoms with E-state index in [-0.39, 0.29) is 5.91 Å². The van der Waals surface area contributed by atoms with E-state index in [0.29, 0.717) is 13.0 Å². The van der Waals surface area contributed by atoms with Gasteiger partial charge in [0, 0.05) is 13.1 Å². The fraction of sp³-hybridized carbons (Fsp3) is 0.350. The first-order chi connectivity index (χ1) is 11.2. The first-order valence-electron chi connectivity index (χ1n) is 8.36. The van der Waals surface area contributed by atoms with Gasteiger partial charge in [0.05, 0.1) is 6.42 Å². The molecule has 1 amide bonds. The zero-order valence-corrected chi connectivity index (χ0v) is 14.1. The van der Waals surface area contributed by atoms with Crippen molar-refractivity contribution in [2.45, 2.75) is 20.3 Å². The van der Waals surface area contributed by atoms with Gasteiger partial charge in [-0.25, -0.2) is 0 Å². The Kier molecular flexibility index (Phi) is 6.82. The molecule has 2 rings (SSSR count). The molecule has 0 aliphatic heterocycles. The highest BCUT2D eigenvalue weighted by atomic mass is 16.1. The van der Waals surface area contributed by atoms with Crippen molar-refractivity contribution in [2.24, 2.45) is 0 Å². The van der Waals surface area contributed by atoms with Gasteiger partial charge < -0.3 is 10.2 Å². The molecule has 0 aliphatic rings. The highest BCUT2D eigenvalue weighted by Gasteiger charge is 2.05. The number of nitrogens with one attached hydrogen (secondary N) is 1. The molecule has 0 unspecified atom stereocenters. The van der Waals surface area contributed by atoms with Gasteiger partial charge in [0.1, 0.15) is 0 Å². The van der Waals surface area contributed by atoms with Crippen molar-refractivity contribution in [3.8, 4) is 11.1 Å². The largest absolute Gasteiger partial charge is 0.355 e. The van der Waals surface area contributed by atoms with E-state index in [1.165, 1.54) is 11.1 Å². The minimum Gasteiger partial charge on any atom is -0.355 e. The van der Waals surface area contributed by atoms with Crippen molar-refractivity contribution in [1.82, 2.24) is 10.2 Å². The fourth-order valence-corrected chi connectivity index (χ4v) is 2.59. The van der Waals surface area contributed by atoms with Crippen LogP contribution in [0.5, 0.6) is 0 Å². The second kappa shape index (κ2) is 9.11. The predicted octanol–water partition coefficient (Wildman–Crippen LogP) is 3.35. The number of hydrogen-bond donors (Lipinski definition) is 1. The molecule has 0 spiro atoms. The van der Waals surface area contributed by atoms with E-state index in [1.54, 1.807) is 0 Å². The first kappa shape index (κ1) is 17.2. The maximum absolute atomic E-state index is 12.0. The van der Waals surface area contributed by atoms with Crippen molar-refractivity contribution in [3.63, 3.8) is 0 Å². The van der Waals surface area contributed by atoms with Crippen molar-refractivity contribution >= 4 is 5.91 Å². The number of amides is 1. The summed E-state index contributed by atoms with van der Waals surface area (Å²) in [4.78, 5) is 14.3. The van der Waals surface area contributed by atoms with Crippen molar-refractivity contribution in [1.29, 1.82) is 0 Å². The molecule has 122 valence electrons. The Bertz CT molecular complexity index is 589. The summed E-state index contributed by atoms with van der Waals surface area (Å²) in [6.45, 7) is 7.94. The summed E-state index contributed by atoms with van der Waals surface area (Å²) >= 11 is 0. The summed E-state index contributed by atoms with van der Waals surface area (Å²) < 4.78 is 0. The van der Waals surface area contributed by atoms with E-state index < -0.39 is 0 Å². The average Bonchev–Trinajstić information content (AvgIpc) is 2.60. The van der Waals surface area contributed by atoms with E-state index in [2.05, 4.69) is 48.3 Å². The normalized spacial score (nSPS) is 10.7. The van der Waals surface area contributed by atoms with Crippen LogP contribution in [0.1, 0.15) is 19.4 Å². The van der Waals surface area contributed by atoms with Crippen LogP contribution >= 0.6 is 0 Å². The Morgan fingerprint density at radius 3 is 2.13 bits per heavy atom. The predicted molar refractivity (Wildman–Crippen MR) is 96.4 cm³/mol. The number of carbonyl (C=O) groups is 1. The molecule has 2 aromatic carbocycles. The maximum atomic E-state index is 12.0. The summed E-state index contributed by atoms with van der Waals surface area (Å²) in [5.74, 6) is 0.0876. The smallest absolute Gasteiger partial charge is 0.224 e. The van der Waals surface area contributed by atoms with Crippen LogP contribution in [0.15, 0.2) is 54.6 Å². The van der Waals surface area contributed by atoms with Crippen molar-refractivity contribution < 1.29 is 4.79 Å². The number of likely N-dealkylation sites (N-methyl/N-ethyl adjacent to an activating group) is 1. The molecule has 0 bridgehead atoms. The summed E-state index contributed by atoms with van der Waals surface area (Å²) in [6.07, 6.45) is 0.438. The monoisotopic (exact) mass is 310 g/mol. The fourth-order valence-electron chi connectivity index (χ4n) is 2.59. The zero-order chi connectivity index (χ0) is 16.5. The standard InChI is InChI=1S/C20H26N2O/c1-3-22(4-2)15-14-21-20(23)16-17-10-12-19(13-11-17)18-8-6-5-7-9-18/h5-13H,3-4,14-16H2,1-2H3,(H,21,23). The first-order valence-corrected chi connectivity index (χ1v) is 8.36. The average molecular weight is 310 g/mol.